The van der Waals surface area contributed by atoms with Crippen molar-refractivity contribution in [1.29, 1.82) is 0 Å². The van der Waals surface area contributed by atoms with Crippen molar-refractivity contribution in [2.45, 2.75) is 19.9 Å². The van der Waals surface area contributed by atoms with Gasteiger partial charge in [-0.05, 0) is 58.6 Å². The van der Waals surface area contributed by atoms with Crippen LogP contribution in [0.3, 0.4) is 0 Å². The lowest BCUT2D eigenvalue weighted by atomic mass is 10.2. The van der Waals surface area contributed by atoms with Crippen molar-refractivity contribution in [3.63, 3.8) is 0 Å². The summed E-state index contributed by atoms with van der Waals surface area (Å²) in [6.07, 6.45) is 1.05. The highest BCUT2D eigenvalue weighted by Gasteiger charge is 2.11. The molecule has 0 spiro atoms. The van der Waals surface area contributed by atoms with Crippen LogP contribution in [0.15, 0.2) is 16.6 Å². The van der Waals surface area contributed by atoms with E-state index in [1.807, 2.05) is 24.9 Å². The predicted octanol–water partition coefficient (Wildman–Crippen LogP) is 3.70. The van der Waals surface area contributed by atoms with E-state index in [1.165, 1.54) is 5.56 Å². The Bertz CT molecular complexity index is 388. The minimum Gasteiger partial charge on any atom is -0.493 e. The van der Waals surface area contributed by atoms with Crippen molar-refractivity contribution in [2.24, 2.45) is 0 Å². The molecule has 1 aromatic rings. The molecule has 0 aliphatic rings. The molecule has 0 fully saturated rings. The summed E-state index contributed by atoms with van der Waals surface area (Å²) in [4.78, 5) is 0. The van der Waals surface area contributed by atoms with Gasteiger partial charge in [0.05, 0.1) is 18.2 Å². The zero-order chi connectivity index (χ0) is 14.1. The second kappa shape index (κ2) is 9.50. The van der Waals surface area contributed by atoms with E-state index in [2.05, 4.69) is 34.2 Å². The molecule has 0 aliphatic heterocycles. The minimum absolute atomic E-state index is 0.716. The molecule has 0 atom stereocenters. The Hall–Kier alpha value is -0.390. The van der Waals surface area contributed by atoms with Gasteiger partial charge in [-0.2, -0.15) is 11.8 Å². The highest BCUT2D eigenvalue weighted by Crippen LogP contribution is 2.36. The van der Waals surface area contributed by atoms with Gasteiger partial charge in [-0.1, -0.05) is 6.92 Å². The number of halogens is 1. The molecule has 0 unspecified atom stereocenters. The number of ether oxygens (including phenoxy) is 2. The number of benzene rings is 1. The van der Waals surface area contributed by atoms with Crippen LogP contribution in [0.1, 0.15) is 18.9 Å². The molecule has 19 heavy (non-hydrogen) atoms. The Morgan fingerprint density at radius 3 is 2.79 bits per heavy atom. The molecule has 108 valence electrons. The molecular weight excluding hydrogens is 326 g/mol. The van der Waals surface area contributed by atoms with Gasteiger partial charge < -0.3 is 14.8 Å². The lowest BCUT2D eigenvalue weighted by Crippen LogP contribution is -2.06. The van der Waals surface area contributed by atoms with E-state index in [0.717, 1.165) is 40.4 Å². The quantitative estimate of drug-likeness (QED) is 0.690. The molecule has 5 heteroatoms. The van der Waals surface area contributed by atoms with Gasteiger partial charge in [-0.25, -0.2) is 0 Å². The molecule has 0 radical (unpaired) electrons. The maximum Gasteiger partial charge on any atom is 0.175 e. The molecule has 0 aliphatic carbocycles. The van der Waals surface area contributed by atoms with Gasteiger partial charge >= 0.3 is 0 Å². The third-order valence-electron chi connectivity index (χ3n) is 2.55. The molecule has 0 saturated carbocycles. The molecule has 0 bridgehead atoms. The van der Waals surface area contributed by atoms with Crippen molar-refractivity contribution in [3.8, 4) is 11.5 Å². The number of thioether (sulfide) groups is 1. The summed E-state index contributed by atoms with van der Waals surface area (Å²) in [6.45, 7) is 3.70. The fourth-order valence-electron chi connectivity index (χ4n) is 1.70. The summed E-state index contributed by atoms with van der Waals surface area (Å²) in [5, 5.41) is 3.13. The maximum absolute atomic E-state index is 5.83. The SMILES string of the molecule is CCSCCCOc1c(Br)cc(CNC)cc1OC. The van der Waals surface area contributed by atoms with Gasteiger partial charge in [0.1, 0.15) is 0 Å². The molecule has 0 saturated heterocycles. The second-order valence-electron chi connectivity index (χ2n) is 4.04. The van der Waals surface area contributed by atoms with Crippen molar-refractivity contribution in [3.05, 3.63) is 22.2 Å². The zero-order valence-electron chi connectivity index (χ0n) is 11.8. The zero-order valence-corrected chi connectivity index (χ0v) is 14.2. The van der Waals surface area contributed by atoms with Gasteiger partial charge in [0.15, 0.2) is 11.5 Å². The summed E-state index contributed by atoms with van der Waals surface area (Å²) in [6, 6.07) is 4.08. The molecular formula is C14H22BrNO2S. The summed E-state index contributed by atoms with van der Waals surface area (Å²) >= 11 is 5.49. The summed E-state index contributed by atoms with van der Waals surface area (Å²) in [7, 11) is 3.60. The predicted molar refractivity (Wildman–Crippen MR) is 86.6 cm³/mol. The first-order chi connectivity index (χ1) is 9.22. The molecule has 1 aromatic carbocycles. The molecule has 3 nitrogen and oxygen atoms in total. The fraction of sp³-hybridized carbons (Fsp3) is 0.571. The third-order valence-corrected chi connectivity index (χ3v) is 4.13. The van der Waals surface area contributed by atoms with Gasteiger partial charge in [0, 0.05) is 6.54 Å². The Morgan fingerprint density at radius 1 is 1.37 bits per heavy atom. The fourth-order valence-corrected chi connectivity index (χ4v) is 2.91. The van der Waals surface area contributed by atoms with E-state index in [1.54, 1.807) is 7.11 Å². The summed E-state index contributed by atoms with van der Waals surface area (Å²) in [5.41, 5.74) is 1.17. The monoisotopic (exact) mass is 347 g/mol. The average molecular weight is 348 g/mol. The summed E-state index contributed by atoms with van der Waals surface area (Å²) in [5.74, 6) is 3.87. The molecule has 1 rings (SSSR count). The van der Waals surface area contributed by atoms with E-state index >= 15 is 0 Å². The highest BCUT2D eigenvalue weighted by atomic mass is 79.9. The highest BCUT2D eigenvalue weighted by molar-refractivity contribution is 9.10. The number of hydrogen-bond acceptors (Lipinski definition) is 4. The van der Waals surface area contributed by atoms with Crippen LogP contribution in [-0.4, -0.2) is 32.3 Å². The second-order valence-corrected chi connectivity index (χ2v) is 6.29. The van der Waals surface area contributed by atoms with Crippen molar-refractivity contribution in [1.82, 2.24) is 5.32 Å². The Balaban J connectivity index is 2.65. The standard InChI is InChI=1S/C14H22BrNO2S/c1-4-19-7-5-6-18-14-12(15)8-11(10-16-2)9-13(14)17-3/h8-9,16H,4-7,10H2,1-3H3. The van der Waals surface area contributed by atoms with Gasteiger partial charge in [0.2, 0.25) is 0 Å². The van der Waals surface area contributed by atoms with Crippen LogP contribution in [0.4, 0.5) is 0 Å². The molecule has 0 aromatic heterocycles. The van der Waals surface area contributed by atoms with Crippen LogP contribution >= 0.6 is 27.7 Å². The van der Waals surface area contributed by atoms with Crippen molar-refractivity contribution < 1.29 is 9.47 Å². The van der Waals surface area contributed by atoms with Crippen molar-refractivity contribution >= 4 is 27.7 Å². The first kappa shape index (κ1) is 16.7. The molecule has 1 N–H and O–H groups in total. The van der Waals surface area contributed by atoms with Crippen LogP contribution in [0.5, 0.6) is 11.5 Å². The Labute approximate surface area is 128 Å². The lowest BCUT2D eigenvalue weighted by Gasteiger charge is -2.14. The molecule has 0 amide bonds. The van der Waals surface area contributed by atoms with E-state index < -0.39 is 0 Å². The van der Waals surface area contributed by atoms with Crippen LogP contribution in [-0.2, 0) is 6.54 Å². The number of methoxy groups -OCH3 is 1. The lowest BCUT2D eigenvalue weighted by molar-refractivity contribution is 0.293. The van der Waals surface area contributed by atoms with Gasteiger partial charge in [-0.3, -0.25) is 0 Å². The molecule has 0 heterocycles. The third kappa shape index (κ3) is 5.63. The number of rotatable bonds is 9. The smallest absolute Gasteiger partial charge is 0.175 e. The van der Waals surface area contributed by atoms with E-state index in [9.17, 15) is 0 Å². The minimum atomic E-state index is 0.716. The van der Waals surface area contributed by atoms with Crippen LogP contribution in [0, 0.1) is 0 Å². The maximum atomic E-state index is 5.83. The topological polar surface area (TPSA) is 30.5 Å². The average Bonchev–Trinajstić information content (AvgIpc) is 2.40. The van der Waals surface area contributed by atoms with E-state index in [0.29, 0.717) is 6.61 Å². The van der Waals surface area contributed by atoms with E-state index in [4.69, 9.17) is 9.47 Å². The largest absolute Gasteiger partial charge is 0.493 e. The number of nitrogens with one attached hydrogen (secondary N) is 1. The number of hydrogen-bond donors (Lipinski definition) is 1. The first-order valence-electron chi connectivity index (χ1n) is 6.44. The normalized spacial score (nSPS) is 10.5. The van der Waals surface area contributed by atoms with E-state index in [-0.39, 0.29) is 0 Å². The first-order valence-corrected chi connectivity index (χ1v) is 8.39. The van der Waals surface area contributed by atoms with Crippen LogP contribution in [0.2, 0.25) is 0 Å². The van der Waals surface area contributed by atoms with Gasteiger partial charge in [-0.15, -0.1) is 0 Å². The van der Waals surface area contributed by atoms with Crippen LogP contribution < -0.4 is 14.8 Å². The Morgan fingerprint density at radius 2 is 2.16 bits per heavy atom. The van der Waals surface area contributed by atoms with Crippen molar-refractivity contribution in [2.75, 3.05) is 32.3 Å². The van der Waals surface area contributed by atoms with Crippen LogP contribution in [0.25, 0.3) is 0 Å². The Kier molecular flexibility index (Phi) is 8.34. The summed E-state index contributed by atoms with van der Waals surface area (Å²) < 4.78 is 12.2. The van der Waals surface area contributed by atoms with Gasteiger partial charge in [0.25, 0.3) is 0 Å².